The van der Waals surface area contributed by atoms with Crippen LogP contribution in [-0.4, -0.2) is 78.8 Å². The maximum absolute atomic E-state index is 14.0. The molecular formula is C32H34N6O7S. The Morgan fingerprint density at radius 1 is 0.870 bits per heavy atom. The van der Waals surface area contributed by atoms with Crippen molar-refractivity contribution in [3.63, 3.8) is 0 Å². The number of hydrogen-bond acceptors (Lipinski definition) is 9. The first-order valence-corrected chi connectivity index (χ1v) is 16.4. The number of amides is 2. The molecule has 13 nitrogen and oxygen atoms in total. The van der Waals surface area contributed by atoms with Gasteiger partial charge in [0.15, 0.2) is 17.3 Å². The number of sulfonamides is 1. The molecule has 6 rings (SSSR count). The summed E-state index contributed by atoms with van der Waals surface area (Å²) in [6.07, 6.45) is 0.241. The van der Waals surface area contributed by atoms with Crippen LogP contribution in [0.4, 0.5) is 0 Å². The quantitative estimate of drug-likeness (QED) is 0.342. The zero-order valence-corrected chi connectivity index (χ0v) is 26.0. The highest BCUT2D eigenvalue weighted by molar-refractivity contribution is 7.89. The average Bonchev–Trinajstić information content (AvgIpc) is 3.50. The van der Waals surface area contributed by atoms with Crippen molar-refractivity contribution < 1.29 is 32.2 Å². The first kappa shape index (κ1) is 31.0. The third-order valence-electron chi connectivity index (χ3n) is 7.50. The van der Waals surface area contributed by atoms with Crippen molar-refractivity contribution in [2.24, 2.45) is 0 Å². The molecule has 2 amide bonds. The van der Waals surface area contributed by atoms with Crippen molar-refractivity contribution in [3.05, 3.63) is 84.2 Å². The van der Waals surface area contributed by atoms with Gasteiger partial charge in [-0.15, -0.1) is 0 Å². The van der Waals surface area contributed by atoms with Crippen LogP contribution < -0.4 is 24.8 Å². The van der Waals surface area contributed by atoms with Crippen molar-refractivity contribution in [2.75, 3.05) is 39.5 Å². The lowest BCUT2D eigenvalue weighted by Crippen LogP contribution is -2.43. The number of carbonyl (C=O) groups is 2. The number of para-hydroxylation sites is 1. The lowest BCUT2D eigenvalue weighted by Gasteiger charge is -2.26. The Hall–Kier alpha value is -4.95. The van der Waals surface area contributed by atoms with Crippen LogP contribution in [0.5, 0.6) is 17.2 Å². The Balaban J connectivity index is 1.32. The zero-order chi connectivity index (χ0) is 32.1. The maximum Gasteiger partial charge on any atom is 0.251 e. The molecule has 240 valence electrons. The molecular weight excluding hydrogens is 612 g/mol. The fourth-order valence-corrected chi connectivity index (χ4v) is 6.85. The molecule has 1 aromatic heterocycles. The van der Waals surface area contributed by atoms with Gasteiger partial charge in [-0.3, -0.25) is 9.59 Å². The number of fused-ring (bicyclic) bond motifs is 4. The number of hydrogen-bond donors (Lipinski definition) is 2. The van der Waals surface area contributed by atoms with Crippen LogP contribution in [0.3, 0.4) is 0 Å². The highest BCUT2D eigenvalue weighted by Gasteiger charge is 2.32. The first-order valence-electron chi connectivity index (χ1n) is 15.0. The fourth-order valence-electron chi connectivity index (χ4n) is 5.27. The third kappa shape index (κ3) is 6.82. The van der Waals surface area contributed by atoms with Crippen LogP contribution in [0.15, 0.2) is 77.7 Å². The van der Waals surface area contributed by atoms with Gasteiger partial charge in [-0.1, -0.05) is 42.5 Å². The molecule has 2 aliphatic rings. The molecule has 46 heavy (non-hydrogen) atoms. The van der Waals surface area contributed by atoms with Crippen LogP contribution in [0.1, 0.15) is 35.6 Å². The van der Waals surface area contributed by atoms with Gasteiger partial charge in [0.25, 0.3) is 5.91 Å². The summed E-state index contributed by atoms with van der Waals surface area (Å²) in [5, 5.41) is 10.4. The summed E-state index contributed by atoms with van der Waals surface area (Å²) in [7, 11) is -4.23. The zero-order valence-electron chi connectivity index (χ0n) is 25.2. The number of nitrogens with one attached hydrogen (secondary N) is 2. The molecule has 0 saturated carbocycles. The van der Waals surface area contributed by atoms with E-state index in [1.165, 1.54) is 6.07 Å². The van der Waals surface area contributed by atoms with Crippen LogP contribution in [0.2, 0.25) is 0 Å². The Morgan fingerprint density at radius 3 is 2.50 bits per heavy atom. The molecule has 2 bridgehead atoms. The predicted octanol–water partition coefficient (Wildman–Crippen LogP) is 2.80. The fraction of sp³-hybridized carbons (Fsp3) is 0.312. The average molecular weight is 647 g/mol. The summed E-state index contributed by atoms with van der Waals surface area (Å²) in [5.74, 6) is 1.02. The smallest absolute Gasteiger partial charge is 0.251 e. The molecule has 0 aliphatic carbocycles. The molecule has 14 heteroatoms. The summed E-state index contributed by atoms with van der Waals surface area (Å²) < 4.78 is 48.1. The molecule has 0 saturated heterocycles. The Morgan fingerprint density at radius 2 is 1.65 bits per heavy atom. The van der Waals surface area contributed by atoms with E-state index < -0.39 is 28.5 Å². The van der Waals surface area contributed by atoms with Gasteiger partial charge in [0, 0.05) is 24.2 Å². The molecule has 1 atom stereocenters. The summed E-state index contributed by atoms with van der Waals surface area (Å²) in [4.78, 5) is 31.0. The summed E-state index contributed by atoms with van der Waals surface area (Å²) in [6.45, 7) is 2.42. The van der Waals surface area contributed by atoms with Gasteiger partial charge < -0.3 is 24.8 Å². The minimum Gasteiger partial charge on any atom is -0.492 e. The van der Waals surface area contributed by atoms with E-state index in [9.17, 15) is 18.0 Å². The normalized spacial score (nSPS) is 18.2. The lowest BCUT2D eigenvalue weighted by molar-refractivity contribution is -0.122. The van der Waals surface area contributed by atoms with E-state index in [4.69, 9.17) is 19.2 Å². The first-order chi connectivity index (χ1) is 22.3. The van der Waals surface area contributed by atoms with E-state index in [0.29, 0.717) is 41.9 Å². The Labute approximate surface area is 266 Å². The second-order valence-electron chi connectivity index (χ2n) is 10.8. The van der Waals surface area contributed by atoms with E-state index in [0.717, 1.165) is 9.87 Å². The monoisotopic (exact) mass is 646 g/mol. The van der Waals surface area contributed by atoms with Gasteiger partial charge in [-0.05, 0) is 43.7 Å². The largest absolute Gasteiger partial charge is 0.492 e. The van der Waals surface area contributed by atoms with Crippen molar-refractivity contribution in [2.45, 2.75) is 30.8 Å². The molecule has 0 radical (unpaired) electrons. The standard InChI is InChI=1S/C32H34N6O7S/c1-22-31-35-30(23-8-3-2-4-9-23)36-38(31)16-17-43-25-11-5-10-24(20-25)32(40)33-14-7-15-37(21-28(39)34-22)46(41,42)27-13-6-12-26-29(27)45-19-18-44-26/h2-6,8-13,20,22H,7,14-19,21H2,1H3,(H,33,40)(H,34,39)/t22-/m0/s1. The third-order valence-corrected chi connectivity index (χ3v) is 9.37. The van der Waals surface area contributed by atoms with E-state index in [2.05, 4.69) is 15.7 Å². The SMILES string of the molecule is C[C@@H]1NC(=O)CN(S(=O)(=O)c2cccc3c2OCCO3)CCCNC(=O)c2cccc(c2)OCCn2nc(-c3ccccc3)nc21. The maximum atomic E-state index is 14.0. The van der Waals surface area contributed by atoms with Crippen molar-refractivity contribution in [3.8, 4) is 28.6 Å². The highest BCUT2D eigenvalue weighted by atomic mass is 32.2. The van der Waals surface area contributed by atoms with E-state index in [1.807, 2.05) is 30.3 Å². The van der Waals surface area contributed by atoms with Crippen LogP contribution in [0, 0.1) is 0 Å². The topological polar surface area (TPSA) is 154 Å². The summed E-state index contributed by atoms with van der Waals surface area (Å²) in [6, 6.07) is 20.3. The molecule has 0 fully saturated rings. The molecule has 2 aliphatic heterocycles. The van der Waals surface area contributed by atoms with E-state index in [1.54, 1.807) is 48.0 Å². The van der Waals surface area contributed by atoms with Crippen molar-refractivity contribution in [1.82, 2.24) is 29.7 Å². The Kier molecular flexibility index (Phi) is 9.17. The summed E-state index contributed by atoms with van der Waals surface area (Å²) >= 11 is 0. The predicted molar refractivity (Wildman–Crippen MR) is 167 cm³/mol. The number of carbonyl (C=O) groups excluding carboxylic acids is 2. The molecule has 0 spiro atoms. The number of rotatable bonds is 3. The second kappa shape index (κ2) is 13.6. The highest BCUT2D eigenvalue weighted by Crippen LogP contribution is 2.37. The van der Waals surface area contributed by atoms with Crippen LogP contribution in [-0.2, 0) is 21.4 Å². The minimum absolute atomic E-state index is 0.0492. The van der Waals surface area contributed by atoms with E-state index in [-0.39, 0.29) is 49.3 Å². The number of ether oxygens (including phenoxy) is 3. The molecule has 3 aromatic carbocycles. The second-order valence-corrected chi connectivity index (χ2v) is 12.7. The van der Waals surface area contributed by atoms with Crippen LogP contribution in [0.25, 0.3) is 11.4 Å². The van der Waals surface area contributed by atoms with Gasteiger partial charge >= 0.3 is 0 Å². The van der Waals surface area contributed by atoms with Gasteiger partial charge in [-0.2, -0.15) is 9.40 Å². The molecule has 4 aromatic rings. The van der Waals surface area contributed by atoms with Gasteiger partial charge in [-0.25, -0.2) is 18.1 Å². The van der Waals surface area contributed by atoms with Crippen molar-refractivity contribution in [1.29, 1.82) is 0 Å². The minimum atomic E-state index is -4.23. The summed E-state index contributed by atoms with van der Waals surface area (Å²) in [5.41, 5.74) is 1.20. The molecule has 3 heterocycles. The van der Waals surface area contributed by atoms with Gasteiger partial charge in [0.1, 0.15) is 36.3 Å². The van der Waals surface area contributed by atoms with E-state index >= 15 is 0 Å². The number of benzene rings is 3. The molecule has 2 N–H and O–H groups in total. The van der Waals surface area contributed by atoms with Crippen LogP contribution >= 0.6 is 0 Å². The van der Waals surface area contributed by atoms with Gasteiger partial charge in [0.05, 0.1) is 19.1 Å². The van der Waals surface area contributed by atoms with Gasteiger partial charge in [0.2, 0.25) is 15.9 Å². The number of aromatic nitrogens is 3. The molecule has 0 unspecified atom stereocenters. The van der Waals surface area contributed by atoms with Crippen molar-refractivity contribution >= 4 is 21.8 Å². The Bertz CT molecular complexity index is 1830. The lowest BCUT2D eigenvalue weighted by atomic mass is 10.2. The number of nitrogens with zero attached hydrogens (tertiary/aromatic N) is 4.